The Morgan fingerprint density at radius 3 is 2.50 bits per heavy atom. The van der Waals surface area contributed by atoms with Crippen molar-refractivity contribution in [2.75, 3.05) is 6.61 Å². The summed E-state index contributed by atoms with van der Waals surface area (Å²) in [6.45, 7) is 2.33. The zero-order chi connectivity index (χ0) is 13.7. The number of carboxylic acid groups (broad SMARTS) is 2. The van der Waals surface area contributed by atoms with Crippen LogP contribution in [0.5, 0.6) is 0 Å². The third-order valence-corrected chi connectivity index (χ3v) is 2.67. The number of carbonyl (C=O) groups excluding carboxylic acids is 1. The average Bonchev–Trinajstić information content (AvgIpc) is 2.62. The Bertz CT molecular complexity index is 345. The molecule has 0 aromatic rings. The first-order chi connectivity index (χ1) is 8.40. The number of hydrogen-bond donors (Lipinski definition) is 4. The molecular weight excluding hydrogens is 244 g/mol. The van der Waals surface area contributed by atoms with Crippen LogP contribution in [0.1, 0.15) is 19.8 Å². The molecule has 18 heavy (non-hydrogen) atoms. The van der Waals surface area contributed by atoms with Crippen molar-refractivity contribution in [1.82, 2.24) is 10.6 Å². The maximum absolute atomic E-state index is 11.5. The molecule has 1 aliphatic heterocycles. The topological polar surface area (TPSA) is 125 Å². The highest BCUT2D eigenvalue weighted by molar-refractivity contribution is 5.86. The normalized spacial score (nSPS) is 24.3. The molecule has 0 aromatic heterocycles. The molecule has 8 nitrogen and oxygen atoms in total. The van der Waals surface area contributed by atoms with Crippen molar-refractivity contribution in [3.05, 3.63) is 0 Å². The fourth-order valence-electron chi connectivity index (χ4n) is 1.66. The molecule has 1 heterocycles. The summed E-state index contributed by atoms with van der Waals surface area (Å²) in [5, 5.41) is 21.9. The highest BCUT2D eigenvalue weighted by atomic mass is 16.5. The Labute approximate surface area is 103 Å². The summed E-state index contributed by atoms with van der Waals surface area (Å²) in [6.07, 6.45) is -0.163. The summed E-state index contributed by atoms with van der Waals surface area (Å²) in [7, 11) is 0. The van der Waals surface area contributed by atoms with Gasteiger partial charge in [0.2, 0.25) is 0 Å². The van der Waals surface area contributed by atoms with E-state index in [4.69, 9.17) is 14.9 Å². The van der Waals surface area contributed by atoms with Crippen LogP contribution in [0.2, 0.25) is 0 Å². The lowest BCUT2D eigenvalue weighted by Crippen LogP contribution is -2.51. The Morgan fingerprint density at radius 1 is 1.39 bits per heavy atom. The van der Waals surface area contributed by atoms with Crippen LogP contribution in [0.3, 0.4) is 0 Å². The Balaban J connectivity index is 2.45. The molecule has 8 heteroatoms. The predicted molar refractivity (Wildman–Crippen MR) is 59.2 cm³/mol. The molecule has 102 valence electrons. The van der Waals surface area contributed by atoms with Crippen LogP contribution >= 0.6 is 0 Å². The first-order valence-electron chi connectivity index (χ1n) is 5.53. The van der Waals surface area contributed by atoms with Crippen LogP contribution in [-0.2, 0) is 14.3 Å². The van der Waals surface area contributed by atoms with Crippen molar-refractivity contribution in [3.8, 4) is 0 Å². The number of ether oxygens (including phenoxy) is 1. The molecule has 2 amide bonds. The van der Waals surface area contributed by atoms with Gasteiger partial charge in [0.1, 0.15) is 6.04 Å². The smallest absolute Gasteiger partial charge is 0.326 e. The Morgan fingerprint density at radius 2 is 2.06 bits per heavy atom. The Kier molecular flexibility index (Phi) is 4.90. The van der Waals surface area contributed by atoms with E-state index in [0.29, 0.717) is 13.0 Å². The van der Waals surface area contributed by atoms with E-state index in [9.17, 15) is 14.4 Å². The maximum atomic E-state index is 11.5. The maximum Gasteiger partial charge on any atom is 0.326 e. The van der Waals surface area contributed by atoms with Crippen molar-refractivity contribution >= 4 is 18.0 Å². The Hall–Kier alpha value is -1.83. The molecular formula is C10H16N2O6. The van der Waals surface area contributed by atoms with Crippen molar-refractivity contribution in [1.29, 1.82) is 0 Å². The zero-order valence-electron chi connectivity index (χ0n) is 9.88. The van der Waals surface area contributed by atoms with Gasteiger partial charge in [0.15, 0.2) is 0 Å². The highest BCUT2D eigenvalue weighted by Crippen LogP contribution is 2.12. The number of urea groups is 1. The minimum absolute atomic E-state index is 0.140. The van der Waals surface area contributed by atoms with Crippen LogP contribution in [0.15, 0.2) is 0 Å². The number of hydrogen-bond acceptors (Lipinski definition) is 4. The molecule has 1 aliphatic rings. The first-order valence-corrected chi connectivity index (χ1v) is 5.53. The van der Waals surface area contributed by atoms with E-state index in [1.54, 1.807) is 6.92 Å². The van der Waals surface area contributed by atoms with Gasteiger partial charge in [0.05, 0.1) is 18.6 Å². The van der Waals surface area contributed by atoms with Gasteiger partial charge >= 0.3 is 18.0 Å². The molecule has 0 radical (unpaired) electrons. The van der Waals surface area contributed by atoms with Crippen molar-refractivity contribution in [2.24, 2.45) is 0 Å². The van der Waals surface area contributed by atoms with Gasteiger partial charge in [-0.25, -0.2) is 9.59 Å². The van der Waals surface area contributed by atoms with Gasteiger partial charge in [0.25, 0.3) is 0 Å². The van der Waals surface area contributed by atoms with E-state index in [1.807, 2.05) is 0 Å². The van der Waals surface area contributed by atoms with Gasteiger partial charge in [-0.1, -0.05) is 0 Å². The van der Waals surface area contributed by atoms with E-state index >= 15 is 0 Å². The van der Waals surface area contributed by atoms with Gasteiger partial charge in [-0.2, -0.15) is 0 Å². The molecule has 0 aliphatic carbocycles. The lowest BCUT2D eigenvalue weighted by molar-refractivity contribution is -0.145. The van der Waals surface area contributed by atoms with Crippen molar-refractivity contribution in [2.45, 2.75) is 38.0 Å². The summed E-state index contributed by atoms with van der Waals surface area (Å²) in [4.78, 5) is 32.7. The fourth-order valence-corrected chi connectivity index (χ4v) is 1.66. The van der Waals surface area contributed by atoms with Crippen LogP contribution in [-0.4, -0.2) is 53.0 Å². The summed E-state index contributed by atoms with van der Waals surface area (Å²) >= 11 is 0. The van der Waals surface area contributed by atoms with Crippen molar-refractivity contribution < 1.29 is 29.3 Å². The van der Waals surface area contributed by atoms with E-state index in [1.165, 1.54) is 0 Å². The van der Waals surface area contributed by atoms with Crippen LogP contribution in [0.25, 0.3) is 0 Å². The molecule has 1 fully saturated rings. The minimum atomic E-state index is -1.44. The monoisotopic (exact) mass is 260 g/mol. The van der Waals surface area contributed by atoms with E-state index in [2.05, 4.69) is 10.6 Å². The van der Waals surface area contributed by atoms with Crippen LogP contribution in [0.4, 0.5) is 4.79 Å². The zero-order valence-corrected chi connectivity index (χ0v) is 9.88. The molecule has 1 rings (SSSR count). The minimum Gasteiger partial charge on any atom is -0.481 e. The highest BCUT2D eigenvalue weighted by Gasteiger charge is 2.28. The van der Waals surface area contributed by atoms with Crippen molar-refractivity contribution in [3.63, 3.8) is 0 Å². The molecule has 0 spiro atoms. The summed E-state index contributed by atoms with van der Waals surface area (Å²) in [5.41, 5.74) is 0. The third kappa shape index (κ3) is 4.21. The second kappa shape index (κ2) is 6.20. The van der Waals surface area contributed by atoms with Gasteiger partial charge in [-0.15, -0.1) is 0 Å². The van der Waals surface area contributed by atoms with Gasteiger partial charge in [0, 0.05) is 6.61 Å². The summed E-state index contributed by atoms with van der Waals surface area (Å²) in [5.74, 6) is -2.68. The second-order valence-corrected chi connectivity index (χ2v) is 4.08. The molecule has 3 atom stereocenters. The van der Waals surface area contributed by atoms with Gasteiger partial charge in [-0.3, -0.25) is 4.79 Å². The lowest BCUT2D eigenvalue weighted by Gasteiger charge is -2.18. The SMILES string of the molecule is CC1OCCC1NC(=O)NC(CC(=O)O)C(=O)O. The number of carboxylic acids is 2. The molecule has 0 aromatic carbocycles. The number of aliphatic carboxylic acids is 2. The van der Waals surface area contributed by atoms with E-state index in [-0.39, 0.29) is 12.1 Å². The second-order valence-electron chi connectivity index (χ2n) is 4.08. The fraction of sp³-hybridized carbons (Fsp3) is 0.700. The standard InChI is InChI=1S/C10H16N2O6/c1-5-6(2-3-18-5)11-10(17)12-7(9(15)16)4-8(13)14/h5-7H,2-4H2,1H3,(H,13,14)(H,15,16)(H2,11,12,17). The summed E-state index contributed by atoms with van der Waals surface area (Å²) < 4.78 is 5.23. The average molecular weight is 260 g/mol. The molecule has 0 bridgehead atoms. The largest absolute Gasteiger partial charge is 0.481 e. The van der Waals surface area contributed by atoms with E-state index < -0.39 is 30.4 Å². The number of carbonyl (C=O) groups is 3. The van der Waals surface area contributed by atoms with E-state index in [0.717, 1.165) is 0 Å². The number of amides is 2. The first kappa shape index (κ1) is 14.2. The molecule has 1 saturated heterocycles. The van der Waals surface area contributed by atoms with Gasteiger partial charge < -0.3 is 25.6 Å². The molecule has 4 N–H and O–H groups in total. The number of rotatable bonds is 5. The third-order valence-electron chi connectivity index (χ3n) is 2.67. The number of nitrogens with one attached hydrogen (secondary N) is 2. The predicted octanol–water partition coefficient (Wildman–Crippen LogP) is -0.609. The lowest BCUT2D eigenvalue weighted by atomic mass is 10.1. The summed E-state index contributed by atoms with van der Waals surface area (Å²) in [6, 6.07) is -2.34. The van der Waals surface area contributed by atoms with Crippen LogP contribution < -0.4 is 10.6 Å². The van der Waals surface area contributed by atoms with Gasteiger partial charge in [-0.05, 0) is 13.3 Å². The van der Waals surface area contributed by atoms with Crippen LogP contribution in [0, 0.1) is 0 Å². The quantitative estimate of drug-likeness (QED) is 0.522. The molecule has 0 saturated carbocycles. The molecule has 3 unspecified atom stereocenters.